The lowest BCUT2D eigenvalue weighted by Gasteiger charge is -2.17. The number of carbonyl (C=O) groups is 3. The number of aromatic nitrogens is 1. The molecule has 9 nitrogen and oxygen atoms in total. The molecule has 4 rings (SSSR count). The average Bonchev–Trinajstić information content (AvgIpc) is 3.11. The van der Waals surface area contributed by atoms with Gasteiger partial charge in [0.2, 0.25) is 0 Å². The number of anilines is 2. The smallest absolute Gasteiger partial charge is 0.321 e. The number of imide groups is 1. The summed E-state index contributed by atoms with van der Waals surface area (Å²) in [5.74, 6) is -1.39. The van der Waals surface area contributed by atoms with Crippen LogP contribution in [0.3, 0.4) is 0 Å². The summed E-state index contributed by atoms with van der Waals surface area (Å²) in [4.78, 5) is 49.4. The zero-order valence-corrected chi connectivity index (χ0v) is 12.9. The lowest BCUT2D eigenvalue weighted by Crippen LogP contribution is -2.28. The molecule has 25 heavy (non-hydrogen) atoms. The van der Waals surface area contributed by atoms with E-state index in [-0.39, 0.29) is 23.0 Å². The predicted octanol–water partition coefficient (Wildman–Crippen LogP) is -0.167. The van der Waals surface area contributed by atoms with Crippen LogP contribution in [-0.2, 0) is 0 Å². The highest BCUT2D eigenvalue weighted by atomic mass is 16.2. The number of carbonyl (C=O) groups excluding carboxylic acids is 3. The molecular weight excluding hydrogens is 326 g/mol. The number of nitrogens with two attached hydrogens (primary N) is 1. The van der Waals surface area contributed by atoms with Crippen molar-refractivity contribution in [2.75, 3.05) is 23.7 Å². The number of pyridine rings is 1. The standard InChI is InChI=1S/C16H13N5O4/c17-13-12-10(14(23)19-15(12)24)7-11(22)21(13)9-3-1-2-8(6-9)20-5-4-18-16(20)25/h1-3,6-7H,4-5,17H2,(H,18,25)(H,19,23,24). The first kappa shape index (κ1) is 14.9. The lowest BCUT2D eigenvalue weighted by molar-refractivity contribution is 0.0880. The molecule has 0 bridgehead atoms. The quantitative estimate of drug-likeness (QED) is 0.655. The molecule has 4 amide bonds. The van der Waals surface area contributed by atoms with E-state index in [1.165, 1.54) is 4.90 Å². The summed E-state index contributed by atoms with van der Waals surface area (Å²) in [7, 11) is 0. The zero-order chi connectivity index (χ0) is 17.7. The second-order valence-electron chi connectivity index (χ2n) is 5.68. The van der Waals surface area contributed by atoms with E-state index in [0.717, 1.165) is 10.6 Å². The first-order valence-corrected chi connectivity index (χ1v) is 7.54. The van der Waals surface area contributed by atoms with E-state index in [1.54, 1.807) is 24.3 Å². The van der Waals surface area contributed by atoms with Gasteiger partial charge in [-0.05, 0) is 18.2 Å². The van der Waals surface area contributed by atoms with Gasteiger partial charge in [0.15, 0.2) is 0 Å². The van der Waals surface area contributed by atoms with Gasteiger partial charge in [-0.3, -0.25) is 29.2 Å². The molecule has 2 aliphatic heterocycles. The third-order valence-electron chi connectivity index (χ3n) is 4.21. The summed E-state index contributed by atoms with van der Waals surface area (Å²) < 4.78 is 1.15. The highest BCUT2D eigenvalue weighted by Gasteiger charge is 2.32. The van der Waals surface area contributed by atoms with Crippen LogP contribution in [0.2, 0.25) is 0 Å². The van der Waals surface area contributed by atoms with Crippen molar-refractivity contribution >= 4 is 29.4 Å². The third-order valence-corrected chi connectivity index (χ3v) is 4.21. The van der Waals surface area contributed by atoms with Crippen LogP contribution in [0.1, 0.15) is 20.7 Å². The molecule has 126 valence electrons. The maximum atomic E-state index is 12.4. The molecular formula is C16H13N5O4. The van der Waals surface area contributed by atoms with Gasteiger partial charge in [-0.2, -0.15) is 0 Å². The van der Waals surface area contributed by atoms with Crippen molar-refractivity contribution < 1.29 is 14.4 Å². The second-order valence-corrected chi connectivity index (χ2v) is 5.68. The van der Waals surface area contributed by atoms with Crippen molar-refractivity contribution in [3.05, 3.63) is 51.8 Å². The molecule has 0 aliphatic carbocycles. The van der Waals surface area contributed by atoms with E-state index in [0.29, 0.717) is 24.5 Å². The fourth-order valence-corrected chi connectivity index (χ4v) is 3.06. The van der Waals surface area contributed by atoms with E-state index in [2.05, 4.69) is 10.6 Å². The van der Waals surface area contributed by atoms with Crippen LogP contribution in [0.25, 0.3) is 5.69 Å². The topological polar surface area (TPSA) is 127 Å². The van der Waals surface area contributed by atoms with Gasteiger partial charge in [-0.15, -0.1) is 0 Å². The molecule has 0 saturated carbocycles. The molecule has 1 aromatic carbocycles. The predicted molar refractivity (Wildman–Crippen MR) is 89.0 cm³/mol. The highest BCUT2D eigenvalue weighted by molar-refractivity contribution is 6.23. The Morgan fingerprint density at radius 1 is 1.00 bits per heavy atom. The summed E-state index contributed by atoms with van der Waals surface area (Å²) in [6.45, 7) is 1.04. The average molecular weight is 339 g/mol. The third kappa shape index (κ3) is 2.17. The number of rotatable bonds is 2. The van der Waals surface area contributed by atoms with Crippen molar-refractivity contribution in [1.29, 1.82) is 0 Å². The van der Waals surface area contributed by atoms with Crippen molar-refractivity contribution in [3.63, 3.8) is 0 Å². The molecule has 4 N–H and O–H groups in total. The minimum Gasteiger partial charge on any atom is -0.384 e. The van der Waals surface area contributed by atoms with Crippen LogP contribution in [0, 0.1) is 0 Å². The molecule has 0 atom stereocenters. The van der Waals surface area contributed by atoms with Crippen LogP contribution in [0.5, 0.6) is 0 Å². The number of nitrogens with zero attached hydrogens (tertiary/aromatic N) is 2. The molecule has 2 aromatic rings. The minimum atomic E-state index is -0.640. The molecule has 0 radical (unpaired) electrons. The summed E-state index contributed by atoms with van der Waals surface area (Å²) in [6, 6.07) is 7.54. The molecule has 0 spiro atoms. The molecule has 0 unspecified atom stereocenters. The van der Waals surface area contributed by atoms with Gasteiger partial charge in [0.25, 0.3) is 17.4 Å². The Labute approximate surface area is 141 Å². The van der Waals surface area contributed by atoms with Gasteiger partial charge in [0, 0.05) is 24.8 Å². The molecule has 1 aromatic heterocycles. The molecule has 1 saturated heterocycles. The largest absolute Gasteiger partial charge is 0.384 e. The summed E-state index contributed by atoms with van der Waals surface area (Å²) in [5.41, 5.74) is 6.42. The highest BCUT2D eigenvalue weighted by Crippen LogP contribution is 2.25. The van der Waals surface area contributed by atoms with Crippen molar-refractivity contribution in [2.45, 2.75) is 0 Å². The number of nitrogen functional groups attached to an aromatic ring is 1. The van der Waals surface area contributed by atoms with Gasteiger partial charge in [0.05, 0.1) is 16.8 Å². The van der Waals surface area contributed by atoms with Gasteiger partial charge >= 0.3 is 6.03 Å². The van der Waals surface area contributed by atoms with Gasteiger partial charge in [-0.1, -0.05) is 6.07 Å². The van der Waals surface area contributed by atoms with Crippen LogP contribution in [0.15, 0.2) is 35.1 Å². The Kier molecular flexibility index (Phi) is 3.11. The van der Waals surface area contributed by atoms with Crippen LogP contribution >= 0.6 is 0 Å². The lowest BCUT2D eigenvalue weighted by atomic mass is 10.1. The summed E-state index contributed by atoms with van der Waals surface area (Å²) >= 11 is 0. The fourth-order valence-electron chi connectivity index (χ4n) is 3.06. The second kappa shape index (κ2) is 5.20. The summed E-state index contributed by atoms with van der Waals surface area (Å²) in [6.07, 6.45) is 0. The van der Waals surface area contributed by atoms with Crippen LogP contribution in [0.4, 0.5) is 16.3 Å². The normalized spacial score (nSPS) is 16.0. The SMILES string of the molecule is Nc1c2c(cc(=O)n1-c1cccc(N3CCNC3=O)c1)C(=O)NC2=O. The van der Waals surface area contributed by atoms with Crippen LogP contribution < -0.4 is 26.8 Å². The van der Waals surface area contributed by atoms with Gasteiger partial charge < -0.3 is 11.1 Å². The Balaban J connectivity index is 1.88. The Morgan fingerprint density at radius 2 is 1.76 bits per heavy atom. The zero-order valence-electron chi connectivity index (χ0n) is 12.9. The Hall–Kier alpha value is -3.62. The number of hydrogen-bond donors (Lipinski definition) is 3. The first-order chi connectivity index (χ1) is 12.0. The van der Waals surface area contributed by atoms with Gasteiger partial charge in [0.1, 0.15) is 5.82 Å². The number of hydrogen-bond acceptors (Lipinski definition) is 5. The fraction of sp³-hybridized carbons (Fsp3) is 0.125. The Bertz CT molecular complexity index is 1010. The van der Waals surface area contributed by atoms with E-state index in [9.17, 15) is 19.2 Å². The monoisotopic (exact) mass is 339 g/mol. The van der Waals surface area contributed by atoms with Crippen molar-refractivity contribution in [1.82, 2.24) is 15.2 Å². The number of benzene rings is 1. The summed E-state index contributed by atoms with van der Waals surface area (Å²) in [5, 5.41) is 4.82. The molecule has 2 aliphatic rings. The maximum Gasteiger partial charge on any atom is 0.321 e. The Morgan fingerprint density at radius 3 is 2.48 bits per heavy atom. The first-order valence-electron chi connectivity index (χ1n) is 7.54. The van der Waals surface area contributed by atoms with E-state index in [4.69, 9.17) is 5.73 Å². The van der Waals surface area contributed by atoms with Gasteiger partial charge in [-0.25, -0.2) is 4.79 Å². The number of nitrogens with one attached hydrogen (secondary N) is 2. The van der Waals surface area contributed by atoms with E-state index in [1.807, 2.05) is 0 Å². The van der Waals surface area contributed by atoms with Crippen molar-refractivity contribution in [2.24, 2.45) is 0 Å². The minimum absolute atomic E-state index is 0.0195. The maximum absolute atomic E-state index is 12.4. The van der Waals surface area contributed by atoms with Crippen LogP contribution in [-0.4, -0.2) is 35.5 Å². The molecule has 1 fully saturated rings. The van der Waals surface area contributed by atoms with E-state index >= 15 is 0 Å². The number of amides is 4. The molecule has 9 heteroatoms. The van der Waals surface area contributed by atoms with Crippen molar-refractivity contribution in [3.8, 4) is 5.69 Å². The number of fused-ring (bicyclic) bond motifs is 1. The van der Waals surface area contributed by atoms with E-state index < -0.39 is 17.4 Å². The molecule has 3 heterocycles. The number of urea groups is 1.